The van der Waals surface area contributed by atoms with Crippen LogP contribution in [0.2, 0.25) is 10.0 Å². The van der Waals surface area contributed by atoms with E-state index in [0.29, 0.717) is 26.9 Å². The van der Waals surface area contributed by atoms with E-state index < -0.39 is 5.97 Å². The molecular weight excluding hydrogens is 363 g/mol. The number of hydrogen-bond acceptors (Lipinski definition) is 4. The zero-order chi connectivity index (χ0) is 17.8. The first-order valence-corrected chi connectivity index (χ1v) is 8.06. The summed E-state index contributed by atoms with van der Waals surface area (Å²) in [6, 6.07) is 12.4. The minimum absolute atomic E-state index is 0.0128. The monoisotopic (exact) mass is 374 g/mol. The maximum atomic E-state index is 11.9. The van der Waals surface area contributed by atoms with Gasteiger partial charge in [0.15, 0.2) is 6.61 Å². The third kappa shape index (κ3) is 3.87. The molecule has 0 bridgehead atoms. The summed E-state index contributed by atoms with van der Waals surface area (Å²) >= 11 is 11.8. The average molecular weight is 375 g/mol. The first-order valence-electron chi connectivity index (χ1n) is 7.30. The second kappa shape index (κ2) is 7.47. The van der Waals surface area contributed by atoms with E-state index in [4.69, 9.17) is 32.7 Å². The van der Waals surface area contributed by atoms with Gasteiger partial charge in [-0.25, -0.2) is 4.79 Å². The van der Waals surface area contributed by atoms with Crippen LogP contribution in [0.1, 0.15) is 11.1 Å². The molecule has 0 radical (unpaired) electrons. The number of fused-ring (bicyclic) bond motifs is 1. The fourth-order valence-electron chi connectivity index (χ4n) is 2.34. The Kier molecular flexibility index (Phi) is 5.13. The Hall–Kier alpha value is -2.68. The van der Waals surface area contributed by atoms with Crippen molar-refractivity contribution in [2.75, 3.05) is 6.61 Å². The van der Waals surface area contributed by atoms with E-state index in [0.717, 1.165) is 5.52 Å². The molecule has 1 aromatic carbocycles. The van der Waals surface area contributed by atoms with Gasteiger partial charge < -0.3 is 13.9 Å². The first kappa shape index (κ1) is 17.2. The zero-order valence-electron chi connectivity index (χ0n) is 12.9. The topological polar surface area (TPSA) is 63.7 Å². The van der Waals surface area contributed by atoms with Crippen LogP contribution in [0.4, 0.5) is 0 Å². The van der Waals surface area contributed by atoms with Crippen LogP contribution in [-0.2, 0) is 16.1 Å². The molecule has 0 atom stereocenters. The molecule has 0 aliphatic rings. The Morgan fingerprint density at radius 1 is 1.24 bits per heavy atom. The van der Waals surface area contributed by atoms with E-state index in [1.807, 2.05) is 28.8 Å². The summed E-state index contributed by atoms with van der Waals surface area (Å²) in [6.07, 6.45) is 3.59. The van der Waals surface area contributed by atoms with Crippen LogP contribution >= 0.6 is 23.2 Å². The van der Waals surface area contributed by atoms with Gasteiger partial charge in [-0.2, -0.15) is 5.26 Å². The number of ether oxygens (including phenoxy) is 2. The van der Waals surface area contributed by atoms with Crippen molar-refractivity contribution in [3.63, 3.8) is 0 Å². The van der Waals surface area contributed by atoms with Gasteiger partial charge in [-0.3, -0.25) is 0 Å². The molecule has 3 rings (SSSR count). The molecule has 0 amide bonds. The lowest BCUT2D eigenvalue weighted by Crippen LogP contribution is -2.15. The van der Waals surface area contributed by atoms with Gasteiger partial charge in [0.25, 0.3) is 0 Å². The molecule has 0 saturated carbocycles. The molecule has 0 aliphatic carbocycles. The van der Waals surface area contributed by atoms with Gasteiger partial charge in [-0.05, 0) is 30.3 Å². The lowest BCUT2D eigenvalue weighted by Gasteiger charge is -2.08. The van der Waals surface area contributed by atoms with Crippen LogP contribution in [0.5, 0.6) is 5.75 Å². The lowest BCUT2D eigenvalue weighted by atomic mass is 10.2. The van der Waals surface area contributed by atoms with Crippen molar-refractivity contribution in [2.24, 2.45) is 0 Å². The van der Waals surface area contributed by atoms with Crippen LogP contribution in [0.3, 0.4) is 0 Å². The summed E-state index contributed by atoms with van der Waals surface area (Å²) < 4.78 is 12.3. The fraction of sp³-hybridized carbons (Fsp3) is 0.111. The fourth-order valence-corrected chi connectivity index (χ4v) is 2.81. The second-order valence-corrected chi connectivity index (χ2v) is 6.00. The van der Waals surface area contributed by atoms with E-state index in [1.54, 1.807) is 18.3 Å². The molecule has 5 nitrogen and oxygen atoms in total. The highest BCUT2D eigenvalue weighted by molar-refractivity contribution is 6.35. The maximum absolute atomic E-state index is 11.9. The van der Waals surface area contributed by atoms with Crippen LogP contribution in [0.15, 0.2) is 48.8 Å². The van der Waals surface area contributed by atoms with E-state index >= 15 is 0 Å². The van der Waals surface area contributed by atoms with Gasteiger partial charge in [0.05, 0.1) is 16.1 Å². The summed E-state index contributed by atoms with van der Waals surface area (Å²) in [7, 11) is 0. The average Bonchev–Trinajstić information content (AvgIpc) is 2.96. The molecule has 0 fully saturated rings. The van der Waals surface area contributed by atoms with Crippen molar-refractivity contribution < 1.29 is 14.3 Å². The standard InChI is InChI=1S/C18H12Cl2N2O3/c19-13-4-5-17(15(20)7-13)24-11-18(23)25-10-12-9-22-6-2-1-3-16(22)14(12)8-21/h1-7,9H,10-11H2. The first-order chi connectivity index (χ1) is 12.1. The third-order valence-corrected chi connectivity index (χ3v) is 4.03. The van der Waals surface area contributed by atoms with Crippen molar-refractivity contribution in [3.05, 3.63) is 70.0 Å². The predicted octanol–water partition coefficient (Wildman–Crippen LogP) is 4.24. The van der Waals surface area contributed by atoms with Crippen molar-refractivity contribution >= 4 is 34.7 Å². The Morgan fingerprint density at radius 3 is 2.84 bits per heavy atom. The molecule has 0 spiro atoms. The zero-order valence-corrected chi connectivity index (χ0v) is 14.4. The number of esters is 1. The van der Waals surface area contributed by atoms with Crippen LogP contribution in [0, 0.1) is 11.3 Å². The van der Waals surface area contributed by atoms with Gasteiger partial charge in [0.2, 0.25) is 0 Å². The molecule has 2 heterocycles. The summed E-state index contributed by atoms with van der Waals surface area (Å²) in [4.78, 5) is 11.9. The van der Waals surface area contributed by atoms with Gasteiger partial charge >= 0.3 is 5.97 Å². The molecule has 0 aliphatic heterocycles. The molecule has 0 N–H and O–H groups in total. The maximum Gasteiger partial charge on any atom is 0.344 e. The second-order valence-electron chi connectivity index (χ2n) is 5.16. The van der Waals surface area contributed by atoms with Crippen molar-refractivity contribution in [2.45, 2.75) is 6.61 Å². The SMILES string of the molecule is N#Cc1c(COC(=O)COc2ccc(Cl)cc2Cl)cn2ccccc12. The van der Waals surface area contributed by atoms with Crippen molar-refractivity contribution in [1.29, 1.82) is 5.26 Å². The highest BCUT2D eigenvalue weighted by Crippen LogP contribution is 2.27. The molecule has 7 heteroatoms. The van der Waals surface area contributed by atoms with Crippen LogP contribution in [0.25, 0.3) is 5.52 Å². The quantitative estimate of drug-likeness (QED) is 0.626. The number of rotatable bonds is 5. The highest BCUT2D eigenvalue weighted by Gasteiger charge is 2.13. The minimum Gasteiger partial charge on any atom is -0.480 e. The Morgan fingerprint density at radius 2 is 2.08 bits per heavy atom. The number of benzene rings is 1. The summed E-state index contributed by atoms with van der Waals surface area (Å²) in [5, 5.41) is 10.1. The normalized spacial score (nSPS) is 10.4. The number of hydrogen-bond donors (Lipinski definition) is 0. The third-order valence-electron chi connectivity index (χ3n) is 3.50. The Labute approximate surface area is 153 Å². The van der Waals surface area contributed by atoms with Gasteiger partial charge in [-0.1, -0.05) is 29.3 Å². The molecule has 0 unspecified atom stereocenters. The molecule has 2 aromatic heterocycles. The van der Waals surface area contributed by atoms with E-state index in [2.05, 4.69) is 6.07 Å². The summed E-state index contributed by atoms with van der Waals surface area (Å²) in [6.45, 7) is -0.308. The van der Waals surface area contributed by atoms with Crippen LogP contribution in [-0.4, -0.2) is 17.0 Å². The van der Waals surface area contributed by atoms with Crippen LogP contribution < -0.4 is 4.74 Å². The smallest absolute Gasteiger partial charge is 0.344 e. The number of carbonyl (C=O) groups excluding carboxylic acids is 1. The Balaban J connectivity index is 1.62. The van der Waals surface area contributed by atoms with E-state index in [-0.39, 0.29) is 13.2 Å². The number of aromatic nitrogens is 1. The number of carbonyl (C=O) groups is 1. The number of nitrogens with zero attached hydrogens (tertiary/aromatic N) is 2. The minimum atomic E-state index is -0.565. The molecule has 3 aromatic rings. The number of pyridine rings is 1. The number of nitriles is 1. The molecule has 25 heavy (non-hydrogen) atoms. The van der Waals surface area contributed by atoms with Crippen molar-refractivity contribution in [1.82, 2.24) is 4.40 Å². The Bertz CT molecular complexity index is 976. The van der Waals surface area contributed by atoms with E-state index in [1.165, 1.54) is 6.07 Å². The number of halogens is 2. The highest BCUT2D eigenvalue weighted by atomic mass is 35.5. The van der Waals surface area contributed by atoms with Gasteiger partial charge in [0.1, 0.15) is 18.4 Å². The van der Waals surface area contributed by atoms with Crippen molar-refractivity contribution in [3.8, 4) is 11.8 Å². The van der Waals surface area contributed by atoms with Gasteiger partial charge in [-0.15, -0.1) is 0 Å². The lowest BCUT2D eigenvalue weighted by molar-refractivity contribution is -0.147. The largest absolute Gasteiger partial charge is 0.480 e. The van der Waals surface area contributed by atoms with Gasteiger partial charge in [0, 0.05) is 23.0 Å². The van der Waals surface area contributed by atoms with E-state index in [9.17, 15) is 10.1 Å². The molecule has 0 saturated heterocycles. The molecular formula is C18H12Cl2N2O3. The summed E-state index contributed by atoms with van der Waals surface area (Å²) in [5.74, 6) is -0.222. The molecule has 126 valence electrons. The predicted molar refractivity (Wildman–Crippen MR) is 93.9 cm³/mol. The summed E-state index contributed by atoms with van der Waals surface area (Å²) in [5.41, 5.74) is 1.88.